The van der Waals surface area contributed by atoms with E-state index in [1.807, 2.05) is 32.0 Å². The van der Waals surface area contributed by atoms with Crippen molar-refractivity contribution in [2.75, 3.05) is 12.4 Å². The zero-order valence-corrected chi connectivity index (χ0v) is 16.6. The van der Waals surface area contributed by atoms with Crippen LogP contribution < -0.4 is 5.32 Å². The van der Waals surface area contributed by atoms with Gasteiger partial charge in [-0.15, -0.1) is 11.3 Å². The molecule has 28 heavy (non-hydrogen) atoms. The third-order valence-electron chi connectivity index (χ3n) is 4.35. The summed E-state index contributed by atoms with van der Waals surface area (Å²) >= 11 is 1.31. The standard InChI is InChI=1S/C21H20N2O4S/c1-12-4-5-15(10-13(12)2)19-17(11-18(24)25)28-21(23-19)22-16-8-6-14(7-9-16)20(26)27-3/h4-10H,11H2,1-3H3,(H,22,23)(H,24,25). The maximum Gasteiger partial charge on any atom is 0.337 e. The highest BCUT2D eigenvalue weighted by Crippen LogP contribution is 2.34. The maximum atomic E-state index is 11.5. The molecule has 1 heterocycles. The van der Waals surface area contributed by atoms with E-state index in [1.165, 1.54) is 24.0 Å². The number of carbonyl (C=O) groups excluding carboxylic acids is 1. The van der Waals surface area contributed by atoms with E-state index in [9.17, 15) is 14.7 Å². The Morgan fingerprint density at radius 2 is 1.82 bits per heavy atom. The number of aliphatic carboxylic acids is 1. The number of nitrogens with one attached hydrogen (secondary N) is 1. The number of methoxy groups -OCH3 is 1. The highest BCUT2D eigenvalue weighted by Gasteiger charge is 2.17. The van der Waals surface area contributed by atoms with Crippen molar-refractivity contribution in [3.8, 4) is 11.3 Å². The lowest BCUT2D eigenvalue weighted by Gasteiger charge is -2.05. The van der Waals surface area contributed by atoms with Gasteiger partial charge in [-0.3, -0.25) is 4.79 Å². The van der Waals surface area contributed by atoms with Gasteiger partial charge in [0, 0.05) is 16.1 Å². The van der Waals surface area contributed by atoms with E-state index < -0.39 is 11.9 Å². The van der Waals surface area contributed by atoms with Crippen molar-refractivity contribution in [1.29, 1.82) is 0 Å². The van der Waals surface area contributed by atoms with Gasteiger partial charge in [0.15, 0.2) is 5.13 Å². The Balaban J connectivity index is 1.91. The lowest BCUT2D eigenvalue weighted by molar-refractivity contribution is -0.136. The fourth-order valence-electron chi connectivity index (χ4n) is 2.71. The van der Waals surface area contributed by atoms with Crippen LogP contribution in [-0.2, 0) is 16.0 Å². The highest BCUT2D eigenvalue weighted by molar-refractivity contribution is 7.16. The molecule has 7 heteroatoms. The molecule has 1 aromatic heterocycles. The van der Waals surface area contributed by atoms with Gasteiger partial charge in [-0.1, -0.05) is 12.1 Å². The molecule has 2 aromatic carbocycles. The van der Waals surface area contributed by atoms with Gasteiger partial charge >= 0.3 is 11.9 Å². The Bertz CT molecular complexity index is 1030. The number of thiazole rings is 1. The van der Waals surface area contributed by atoms with Crippen LogP contribution in [0.15, 0.2) is 42.5 Å². The van der Waals surface area contributed by atoms with Crippen molar-refractivity contribution in [3.05, 3.63) is 64.0 Å². The number of carboxylic acid groups (broad SMARTS) is 1. The SMILES string of the molecule is COC(=O)c1ccc(Nc2nc(-c3ccc(C)c(C)c3)c(CC(=O)O)s2)cc1. The minimum absolute atomic E-state index is 0.0944. The number of aryl methyl sites for hydroxylation is 2. The highest BCUT2D eigenvalue weighted by atomic mass is 32.1. The molecule has 0 spiro atoms. The quantitative estimate of drug-likeness (QED) is 0.593. The number of aromatic nitrogens is 1. The molecule has 3 rings (SSSR count). The fourth-order valence-corrected chi connectivity index (χ4v) is 3.70. The second kappa shape index (κ2) is 8.22. The van der Waals surface area contributed by atoms with Gasteiger partial charge in [0.1, 0.15) is 0 Å². The lowest BCUT2D eigenvalue weighted by atomic mass is 10.0. The van der Waals surface area contributed by atoms with Gasteiger partial charge in [0.05, 0.1) is 24.8 Å². The molecule has 0 saturated heterocycles. The van der Waals surface area contributed by atoms with E-state index in [0.717, 1.165) is 16.8 Å². The monoisotopic (exact) mass is 396 g/mol. The van der Waals surface area contributed by atoms with Crippen LogP contribution in [-0.4, -0.2) is 29.1 Å². The Hall–Kier alpha value is -3.19. The number of benzene rings is 2. The van der Waals surface area contributed by atoms with Crippen molar-refractivity contribution < 1.29 is 19.4 Å². The summed E-state index contributed by atoms with van der Waals surface area (Å²) in [7, 11) is 1.34. The Morgan fingerprint density at radius 3 is 2.43 bits per heavy atom. The van der Waals surface area contributed by atoms with Gasteiger partial charge in [0.2, 0.25) is 0 Å². The number of carboxylic acids is 1. The average Bonchev–Trinajstić information content (AvgIpc) is 3.05. The third-order valence-corrected chi connectivity index (χ3v) is 5.32. The minimum Gasteiger partial charge on any atom is -0.481 e. The van der Waals surface area contributed by atoms with Gasteiger partial charge in [0.25, 0.3) is 0 Å². The Morgan fingerprint density at radius 1 is 1.11 bits per heavy atom. The number of rotatable bonds is 6. The first-order chi connectivity index (χ1) is 13.4. The van der Waals surface area contributed by atoms with Crippen molar-refractivity contribution >= 4 is 34.1 Å². The van der Waals surface area contributed by atoms with Crippen LogP contribution in [0.25, 0.3) is 11.3 Å². The first-order valence-electron chi connectivity index (χ1n) is 8.62. The molecule has 2 N–H and O–H groups in total. The van der Waals surface area contributed by atoms with Crippen LogP contribution in [0.5, 0.6) is 0 Å². The van der Waals surface area contributed by atoms with Crippen LogP contribution >= 0.6 is 11.3 Å². The number of anilines is 2. The zero-order chi connectivity index (χ0) is 20.3. The molecule has 0 saturated carbocycles. The largest absolute Gasteiger partial charge is 0.481 e. The summed E-state index contributed by atoms with van der Waals surface area (Å²) in [5, 5.41) is 13.0. The van der Waals surface area contributed by atoms with Crippen LogP contribution in [0.3, 0.4) is 0 Å². The van der Waals surface area contributed by atoms with Crippen molar-refractivity contribution in [3.63, 3.8) is 0 Å². The molecule has 6 nitrogen and oxygen atoms in total. The summed E-state index contributed by atoms with van der Waals surface area (Å²) in [6.07, 6.45) is -0.0944. The number of ether oxygens (including phenoxy) is 1. The number of hydrogen-bond donors (Lipinski definition) is 2. The van der Waals surface area contributed by atoms with Gasteiger partial charge in [-0.05, 0) is 55.3 Å². The van der Waals surface area contributed by atoms with Gasteiger partial charge < -0.3 is 15.2 Å². The van der Waals surface area contributed by atoms with E-state index in [1.54, 1.807) is 24.3 Å². The van der Waals surface area contributed by atoms with Crippen molar-refractivity contribution in [1.82, 2.24) is 4.98 Å². The van der Waals surface area contributed by atoms with E-state index in [-0.39, 0.29) is 6.42 Å². The summed E-state index contributed by atoms with van der Waals surface area (Å²) in [4.78, 5) is 28.1. The molecule has 0 unspecified atom stereocenters. The third kappa shape index (κ3) is 4.37. The molecule has 3 aromatic rings. The predicted molar refractivity (Wildman–Crippen MR) is 109 cm³/mol. The van der Waals surface area contributed by atoms with Gasteiger partial charge in [-0.25, -0.2) is 9.78 Å². The van der Waals surface area contributed by atoms with Crippen LogP contribution in [0.4, 0.5) is 10.8 Å². The van der Waals surface area contributed by atoms with Crippen molar-refractivity contribution in [2.24, 2.45) is 0 Å². The molecule has 0 bridgehead atoms. The second-order valence-corrected chi connectivity index (χ2v) is 7.44. The molecule has 0 fully saturated rings. The Labute approximate surface area is 166 Å². The van der Waals surface area contributed by atoms with Crippen LogP contribution in [0.1, 0.15) is 26.4 Å². The van der Waals surface area contributed by atoms with Crippen LogP contribution in [0, 0.1) is 13.8 Å². The number of hydrogen-bond acceptors (Lipinski definition) is 6. The second-order valence-electron chi connectivity index (χ2n) is 6.35. The van der Waals surface area contributed by atoms with Crippen LogP contribution in [0.2, 0.25) is 0 Å². The summed E-state index contributed by atoms with van der Waals surface area (Å²) in [6, 6.07) is 12.8. The molecule has 0 radical (unpaired) electrons. The summed E-state index contributed by atoms with van der Waals surface area (Å²) in [5.74, 6) is -1.30. The van der Waals surface area contributed by atoms with E-state index in [2.05, 4.69) is 10.3 Å². The molecule has 0 atom stereocenters. The first kappa shape index (κ1) is 19.6. The maximum absolute atomic E-state index is 11.5. The zero-order valence-electron chi connectivity index (χ0n) is 15.8. The Kier molecular flexibility index (Phi) is 5.75. The lowest BCUT2D eigenvalue weighted by Crippen LogP contribution is -2.00. The molecular weight excluding hydrogens is 376 g/mol. The van der Waals surface area contributed by atoms with E-state index >= 15 is 0 Å². The molecule has 144 valence electrons. The topological polar surface area (TPSA) is 88.5 Å². The average molecular weight is 396 g/mol. The van der Waals surface area contributed by atoms with E-state index in [4.69, 9.17) is 4.74 Å². The van der Waals surface area contributed by atoms with Crippen molar-refractivity contribution in [2.45, 2.75) is 20.3 Å². The number of carbonyl (C=O) groups is 2. The van der Waals surface area contributed by atoms with Gasteiger partial charge in [-0.2, -0.15) is 0 Å². The summed E-state index contributed by atoms with van der Waals surface area (Å²) in [5.41, 5.74) is 5.06. The molecule has 0 aliphatic heterocycles. The predicted octanol–water partition coefficient (Wildman–Crippen LogP) is 4.58. The normalized spacial score (nSPS) is 10.5. The summed E-state index contributed by atoms with van der Waals surface area (Å²) in [6.45, 7) is 4.05. The first-order valence-corrected chi connectivity index (χ1v) is 9.43. The fraction of sp³-hybridized carbons (Fsp3) is 0.190. The summed E-state index contributed by atoms with van der Waals surface area (Å²) < 4.78 is 4.69. The van der Waals surface area contributed by atoms with E-state index in [0.29, 0.717) is 21.3 Å². The number of esters is 1. The molecular formula is C21H20N2O4S. The number of nitrogens with zero attached hydrogens (tertiary/aromatic N) is 1. The molecule has 0 aliphatic rings. The smallest absolute Gasteiger partial charge is 0.337 e. The molecule has 0 aliphatic carbocycles. The molecule has 0 amide bonds. The minimum atomic E-state index is -0.900.